The first kappa shape index (κ1) is 16.4. The molecule has 0 amide bonds. The van der Waals surface area contributed by atoms with E-state index in [1.165, 1.54) is 51.5 Å². The van der Waals surface area contributed by atoms with Gasteiger partial charge < -0.3 is 10.4 Å². The number of aliphatic hydroxyl groups excluding tert-OH is 1. The van der Waals surface area contributed by atoms with E-state index < -0.39 is 0 Å². The number of hydrogen-bond acceptors (Lipinski definition) is 2. The molecule has 0 aromatic heterocycles. The summed E-state index contributed by atoms with van der Waals surface area (Å²) in [6, 6.07) is 0. The summed E-state index contributed by atoms with van der Waals surface area (Å²) in [6.07, 6.45) is 9.85. The van der Waals surface area contributed by atoms with Crippen LogP contribution in [0.15, 0.2) is 0 Å². The number of aliphatic hydroxyl groups is 1. The van der Waals surface area contributed by atoms with Crippen molar-refractivity contribution in [3.63, 3.8) is 0 Å². The molecular weight excluding hydrogens is 174 g/mol. The molecule has 0 saturated heterocycles. The summed E-state index contributed by atoms with van der Waals surface area (Å²) in [6.45, 7) is 5.38. The van der Waals surface area contributed by atoms with Crippen LogP contribution in [0.3, 0.4) is 0 Å². The Kier molecular flexibility index (Phi) is 21.8. The molecule has 0 rings (SSSR count). The molecule has 0 bridgehead atoms. The third-order valence-corrected chi connectivity index (χ3v) is 2.03. The van der Waals surface area contributed by atoms with E-state index in [1.54, 1.807) is 6.92 Å². The van der Waals surface area contributed by atoms with Crippen LogP contribution in [0.2, 0.25) is 0 Å². The average Bonchev–Trinajstić information content (AvgIpc) is 2.18. The van der Waals surface area contributed by atoms with Crippen LogP contribution >= 0.6 is 0 Å². The van der Waals surface area contributed by atoms with Crippen molar-refractivity contribution in [3.8, 4) is 0 Å². The Labute approximate surface area is 90.1 Å². The molecule has 0 radical (unpaired) electrons. The molecule has 2 N–H and O–H groups in total. The van der Waals surface area contributed by atoms with Crippen LogP contribution in [0.5, 0.6) is 0 Å². The number of unbranched alkanes of at least 4 members (excludes halogenated alkanes) is 6. The number of rotatable bonds is 8. The van der Waals surface area contributed by atoms with Crippen LogP contribution in [0, 0.1) is 0 Å². The fourth-order valence-corrected chi connectivity index (χ4v) is 1.26. The first-order chi connectivity index (χ1) is 6.83. The summed E-state index contributed by atoms with van der Waals surface area (Å²) in [5.74, 6) is 0. The van der Waals surface area contributed by atoms with Gasteiger partial charge in [-0.1, -0.05) is 45.4 Å². The third-order valence-electron chi connectivity index (χ3n) is 2.03. The zero-order valence-corrected chi connectivity index (χ0v) is 10.3. The van der Waals surface area contributed by atoms with Crippen molar-refractivity contribution in [2.45, 2.75) is 58.8 Å². The fourth-order valence-electron chi connectivity index (χ4n) is 1.26. The van der Waals surface area contributed by atoms with E-state index >= 15 is 0 Å². The predicted octanol–water partition coefficient (Wildman–Crippen LogP) is 2.96. The Hall–Kier alpha value is -0.0800. The summed E-state index contributed by atoms with van der Waals surface area (Å²) in [5.41, 5.74) is 0. The van der Waals surface area contributed by atoms with Gasteiger partial charge in [0.15, 0.2) is 0 Å². The van der Waals surface area contributed by atoms with Crippen LogP contribution in [0.4, 0.5) is 0 Å². The Morgan fingerprint density at radius 3 is 1.71 bits per heavy atom. The predicted molar refractivity (Wildman–Crippen MR) is 64.7 cm³/mol. The average molecular weight is 203 g/mol. The van der Waals surface area contributed by atoms with E-state index in [4.69, 9.17) is 5.11 Å². The van der Waals surface area contributed by atoms with Crippen LogP contribution < -0.4 is 5.32 Å². The van der Waals surface area contributed by atoms with Crippen LogP contribution in [0.25, 0.3) is 0 Å². The zero-order valence-electron chi connectivity index (χ0n) is 10.3. The van der Waals surface area contributed by atoms with Gasteiger partial charge in [-0.05, 0) is 26.9 Å². The normalized spacial score (nSPS) is 9.43. The van der Waals surface area contributed by atoms with Gasteiger partial charge in [0.2, 0.25) is 0 Å². The van der Waals surface area contributed by atoms with E-state index in [-0.39, 0.29) is 6.61 Å². The van der Waals surface area contributed by atoms with E-state index in [0.29, 0.717) is 0 Å². The van der Waals surface area contributed by atoms with Gasteiger partial charge in [-0.2, -0.15) is 0 Å². The molecule has 0 saturated carbocycles. The molecule has 0 atom stereocenters. The first-order valence-electron chi connectivity index (χ1n) is 6.08. The molecule has 0 unspecified atom stereocenters. The largest absolute Gasteiger partial charge is 0.397 e. The van der Waals surface area contributed by atoms with E-state index in [9.17, 15) is 0 Å². The molecule has 88 valence electrons. The lowest BCUT2D eigenvalue weighted by atomic mass is 10.1. The van der Waals surface area contributed by atoms with Gasteiger partial charge in [0, 0.05) is 6.61 Å². The van der Waals surface area contributed by atoms with Gasteiger partial charge in [-0.15, -0.1) is 0 Å². The third kappa shape index (κ3) is 22.7. The molecule has 0 spiro atoms. The van der Waals surface area contributed by atoms with E-state index in [2.05, 4.69) is 12.2 Å². The van der Waals surface area contributed by atoms with Gasteiger partial charge in [0.25, 0.3) is 0 Å². The summed E-state index contributed by atoms with van der Waals surface area (Å²) < 4.78 is 0. The van der Waals surface area contributed by atoms with Crippen molar-refractivity contribution in [3.05, 3.63) is 0 Å². The van der Waals surface area contributed by atoms with E-state index in [0.717, 1.165) is 0 Å². The molecule has 0 aromatic rings. The molecule has 0 aromatic carbocycles. The van der Waals surface area contributed by atoms with Crippen molar-refractivity contribution < 1.29 is 5.11 Å². The minimum atomic E-state index is 0.250. The molecule has 14 heavy (non-hydrogen) atoms. The van der Waals surface area contributed by atoms with Gasteiger partial charge >= 0.3 is 0 Å². The van der Waals surface area contributed by atoms with Crippen LogP contribution in [-0.4, -0.2) is 25.3 Å². The lowest BCUT2D eigenvalue weighted by molar-refractivity contribution is 0.318. The SMILES string of the molecule is CCCCCCCCCNC.CCO. The Balaban J connectivity index is 0. The second kappa shape index (κ2) is 18.7. The van der Waals surface area contributed by atoms with Crippen molar-refractivity contribution in [2.24, 2.45) is 0 Å². The minimum Gasteiger partial charge on any atom is -0.397 e. The summed E-state index contributed by atoms with van der Waals surface area (Å²) in [5, 5.41) is 10.7. The highest BCUT2D eigenvalue weighted by Crippen LogP contribution is 2.05. The quantitative estimate of drug-likeness (QED) is 0.594. The highest BCUT2D eigenvalue weighted by molar-refractivity contribution is 4.46. The standard InChI is InChI=1S/C10H23N.C2H6O/c1-3-4-5-6-7-8-9-10-11-2;1-2-3/h11H,3-10H2,1-2H3;3H,2H2,1H3. The number of nitrogens with one attached hydrogen (secondary N) is 1. The zero-order chi connectivity index (χ0) is 11.1. The lowest BCUT2D eigenvalue weighted by Crippen LogP contribution is -2.06. The summed E-state index contributed by atoms with van der Waals surface area (Å²) in [4.78, 5) is 0. The van der Waals surface area contributed by atoms with Crippen molar-refractivity contribution >= 4 is 0 Å². The summed E-state index contributed by atoms with van der Waals surface area (Å²) in [7, 11) is 2.02. The molecule has 2 nitrogen and oxygen atoms in total. The maximum atomic E-state index is 7.57. The van der Waals surface area contributed by atoms with E-state index in [1.807, 2.05) is 7.05 Å². The highest BCUT2D eigenvalue weighted by atomic mass is 16.2. The maximum absolute atomic E-state index is 7.57. The lowest BCUT2D eigenvalue weighted by Gasteiger charge is -1.99. The molecule has 0 aliphatic rings. The summed E-state index contributed by atoms with van der Waals surface area (Å²) >= 11 is 0. The number of hydrogen-bond donors (Lipinski definition) is 2. The van der Waals surface area contributed by atoms with Crippen LogP contribution in [-0.2, 0) is 0 Å². The molecular formula is C12H29NO. The molecule has 0 heterocycles. The topological polar surface area (TPSA) is 32.3 Å². The fraction of sp³-hybridized carbons (Fsp3) is 1.00. The van der Waals surface area contributed by atoms with Crippen molar-refractivity contribution in [1.82, 2.24) is 5.32 Å². The van der Waals surface area contributed by atoms with Gasteiger partial charge in [0.1, 0.15) is 0 Å². The Morgan fingerprint density at radius 1 is 0.857 bits per heavy atom. The molecule has 0 aliphatic heterocycles. The smallest absolute Gasteiger partial charge is 0.0402 e. The second-order valence-corrected chi connectivity index (χ2v) is 3.54. The Bertz CT molecular complexity index is 68.7. The van der Waals surface area contributed by atoms with Gasteiger partial charge in [0.05, 0.1) is 0 Å². The molecule has 0 aliphatic carbocycles. The van der Waals surface area contributed by atoms with Gasteiger partial charge in [-0.25, -0.2) is 0 Å². The van der Waals surface area contributed by atoms with Crippen LogP contribution in [0.1, 0.15) is 58.8 Å². The Morgan fingerprint density at radius 2 is 1.29 bits per heavy atom. The highest BCUT2D eigenvalue weighted by Gasteiger charge is 1.88. The minimum absolute atomic E-state index is 0.250. The second-order valence-electron chi connectivity index (χ2n) is 3.54. The maximum Gasteiger partial charge on any atom is 0.0402 e. The van der Waals surface area contributed by atoms with Crippen molar-refractivity contribution in [1.29, 1.82) is 0 Å². The first-order valence-corrected chi connectivity index (χ1v) is 6.08. The molecule has 0 fully saturated rings. The molecule has 2 heteroatoms. The van der Waals surface area contributed by atoms with Gasteiger partial charge in [-0.3, -0.25) is 0 Å². The monoisotopic (exact) mass is 203 g/mol. The van der Waals surface area contributed by atoms with Crippen molar-refractivity contribution in [2.75, 3.05) is 20.2 Å².